The molecule has 0 aliphatic carbocycles. The number of nitrogens with zero attached hydrogens (tertiary/aromatic N) is 1. The fraction of sp³-hybridized carbons (Fsp3) is 0.182. The van der Waals surface area contributed by atoms with Gasteiger partial charge in [-0.3, -0.25) is 9.59 Å². The van der Waals surface area contributed by atoms with E-state index in [9.17, 15) is 9.59 Å². The number of thiazole rings is 1. The zero-order chi connectivity index (χ0) is 27.4. The van der Waals surface area contributed by atoms with Gasteiger partial charge in [0.05, 0.1) is 16.1 Å². The number of fused-ring (bicyclic) bond motifs is 1. The topological polar surface area (TPSA) is 71.1 Å². The molecule has 0 aliphatic rings. The smallest absolute Gasteiger partial charge is 0.247 e. The van der Waals surface area contributed by atoms with Crippen molar-refractivity contribution < 1.29 is 9.59 Å². The number of rotatable bonds is 8. The van der Waals surface area contributed by atoms with Crippen LogP contribution in [-0.2, 0) is 9.59 Å². The summed E-state index contributed by atoms with van der Waals surface area (Å²) in [6.07, 6.45) is 0. The minimum atomic E-state index is -0.695. The van der Waals surface area contributed by atoms with Gasteiger partial charge in [-0.25, -0.2) is 4.98 Å². The first-order valence-electron chi connectivity index (χ1n) is 13.1. The Kier molecular flexibility index (Phi) is 7.84. The fourth-order valence-corrected chi connectivity index (χ4v) is 5.70. The molecule has 0 bridgehead atoms. The minimum absolute atomic E-state index is 0.105. The van der Waals surface area contributed by atoms with Gasteiger partial charge in [-0.2, -0.15) is 0 Å². The van der Waals surface area contributed by atoms with E-state index >= 15 is 0 Å². The molecule has 0 fully saturated rings. The Bertz CT molecular complexity index is 1540. The van der Waals surface area contributed by atoms with Gasteiger partial charge >= 0.3 is 0 Å². The number of hydrogen-bond donors (Lipinski definition) is 2. The lowest BCUT2D eigenvalue weighted by molar-refractivity contribution is -0.127. The van der Waals surface area contributed by atoms with Crippen molar-refractivity contribution in [3.05, 3.63) is 120 Å². The van der Waals surface area contributed by atoms with Gasteiger partial charge in [0.2, 0.25) is 11.8 Å². The third-order valence-electron chi connectivity index (χ3n) is 6.72. The molecule has 2 N–H and O–H groups in total. The van der Waals surface area contributed by atoms with Crippen LogP contribution in [0.25, 0.3) is 20.8 Å². The minimum Gasteiger partial charge on any atom is -0.343 e. The van der Waals surface area contributed by atoms with E-state index in [-0.39, 0.29) is 17.7 Å². The molecule has 6 heteroatoms. The van der Waals surface area contributed by atoms with E-state index in [4.69, 9.17) is 4.98 Å². The molecule has 0 saturated heterocycles. The number of aromatic nitrogens is 1. The second-order valence-electron chi connectivity index (χ2n) is 10.0. The summed E-state index contributed by atoms with van der Waals surface area (Å²) in [6.45, 7) is 5.94. The van der Waals surface area contributed by atoms with Gasteiger partial charge in [-0.15, -0.1) is 11.3 Å². The number of anilines is 1. The van der Waals surface area contributed by atoms with E-state index in [1.54, 1.807) is 11.3 Å². The van der Waals surface area contributed by atoms with Crippen LogP contribution >= 0.6 is 11.3 Å². The monoisotopic (exact) mass is 533 g/mol. The maximum absolute atomic E-state index is 13.6. The van der Waals surface area contributed by atoms with Crippen LogP contribution in [0.2, 0.25) is 0 Å². The molecule has 2 amide bonds. The second-order valence-corrected chi connectivity index (χ2v) is 11.1. The van der Waals surface area contributed by atoms with Crippen molar-refractivity contribution in [3.63, 3.8) is 0 Å². The summed E-state index contributed by atoms with van der Waals surface area (Å²) in [5, 5.41) is 6.96. The molecular formula is C33H31N3O2S. The van der Waals surface area contributed by atoms with Crippen molar-refractivity contribution in [3.8, 4) is 10.6 Å². The molecule has 5 nitrogen and oxygen atoms in total. The van der Waals surface area contributed by atoms with Gasteiger partial charge in [-0.1, -0.05) is 80.6 Å². The number of benzene rings is 4. The van der Waals surface area contributed by atoms with Gasteiger partial charge in [0.25, 0.3) is 0 Å². The first-order valence-corrected chi connectivity index (χ1v) is 13.9. The van der Waals surface area contributed by atoms with Crippen LogP contribution in [0, 0.1) is 12.8 Å². The van der Waals surface area contributed by atoms with Gasteiger partial charge in [-0.05, 0) is 65.9 Å². The third-order valence-corrected chi connectivity index (χ3v) is 7.79. The highest BCUT2D eigenvalue weighted by Gasteiger charge is 2.29. The number of amides is 2. The maximum Gasteiger partial charge on any atom is 0.247 e. The van der Waals surface area contributed by atoms with E-state index in [1.807, 2.05) is 105 Å². The molecule has 1 aromatic heterocycles. The van der Waals surface area contributed by atoms with Crippen molar-refractivity contribution in [1.82, 2.24) is 10.3 Å². The normalized spacial score (nSPS) is 12.0. The Hall–Kier alpha value is -4.29. The van der Waals surface area contributed by atoms with E-state index in [0.29, 0.717) is 5.69 Å². The SMILES string of the molecule is Cc1ccc2nc(-c3ccc(NC(=O)[C@H](NC(=O)C(c4ccccc4)c4ccccc4)C(C)C)cc3)sc2c1. The van der Waals surface area contributed by atoms with Crippen molar-refractivity contribution in [2.45, 2.75) is 32.7 Å². The first-order chi connectivity index (χ1) is 18.9. The van der Waals surface area contributed by atoms with Crippen LogP contribution < -0.4 is 10.6 Å². The molecule has 0 saturated carbocycles. The Morgan fingerprint density at radius 1 is 0.769 bits per heavy atom. The van der Waals surface area contributed by atoms with Gasteiger partial charge in [0.15, 0.2) is 0 Å². The number of hydrogen-bond acceptors (Lipinski definition) is 4. The van der Waals surface area contributed by atoms with Crippen molar-refractivity contribution >= 4 is 39.1 Å². The standard InChI is InChI=1S/C33H31N3O2S/c1-21(2)30(36-31(37)29(23-10-6-4-7-11-23)24-12-8-5-9-13-24)32(38)34-26-17-15-25(16-18-26)33-35-27-19-14-22(3)20-28(27)39-33/h4-21,29-30H,1-3H3,(H,34,38)(H,36,37)/t30-/m1/s1. The third kappa shape index (κ3) is 6.07. The number of carbonyl (C=O) groups excluding carboxylic acids is 2. The summed E-state index contributed by atoms with van der Waals surface area (Å²) in [6, 6.07) is 32.5. The average molecular weight is 534 g/mol. The molecular weight excluding hydrogens is 502 g/mol. The van der Waals surface area contributed by atoms with Gasteiger partial charge < -0.3 is 10.6 Å². The van der Waals surface area contributed by atoms with Gasteiger partial charge in [0, 0.05) is 11.3 Å². The first kappa shape index (κ1) is 26.3. The average Bonchev–Trinajstić information content (AvgIpc) is 3.36. The van der Waals surface area contributed by atoms with Crippen molar-refractivity contribution in [1.29, 1.82) is 0 Å². The predicted octanol–water partition coefficient (Wildman–Crippen LogP) is 7.18. The summed E-state index contributed by atoms with van der Waals surface area (Å²) in [7, 11) is 0. The van der Waals surface area contributed by atoms with E-state index < -0.39 is 12.0 Å². The van der Waals surface area contributed by atoms with Crippen LogP contribution in [0.4, 0.5) is 5.69 Å². The van der Waals surface area contributed by atoms with Crippen LogP contribution in [0.1, 0.15) is 36.5 Å². The summed E-state index contributed by atoms with van der Waals surface area (Å²) < 4.78 is 1.15. The predicted molar refractivity (Wildman–Crippen MR) is 160 cm³/mol. The van der Waals surface area contributed by atoms with Crippen molar-refractivity contribution in [2.75, 3.05) is 5.32 Å². The molecule has 0 aliphatic heterocycles. The number of aryl methyl sites for hydroxylation is 1. The molecule has 196 valence electrons. The quantitative estimate of drug-likeness (QED) is 0.222. The molecule has 0 unspecified atom stereocenters. The molecule has 4 aromatic carbocycles. The van der Waals surface area contributed by atoms with Crippen LogP contribution in [-0.4, -0.2) is 22.8 Å². The molecule has 5 aromatic rings. The second kappa shape index (κ2) is 11.6. The Labute approximate surface area is 232 Å². The highest BCUT2D eigenvalue weighted by Crippen LogP contribution is 2.31. The molecule has 1 atom stereocenters. The lowest BCUT2D eigenvalue weighted by atomic mass is 9.89. The molecule has 39 heavy (non-hydrogen) atoms. The van der Waals surface area contributed by atoms with Crippen LogP contribution in [0.15, 0.2) is 103 Å². The molecule has 0 radical (unpaired) electrons. The highest BCUT2D eigenvalue weighted by molar-refractivity contribution is 7.21. The largest absolute Gasteiger partial charge is 0.343 e. The lowest BCUT2D eigenvalue weighted by Gasteiger charge is -2.25. The molecule has 1 heterocycles. The Morgan fingerprint density at radius 2 is 1.38 bits per heavy atom. The molecule has 0 spiro atoms. The van der Waals surface area contributed by atoms with Crippen molar-refractivity contribution in [2.24, 2.45) is 5.92 Å². The summed E-state index contributed by atoms with van der Waals surface area (Å²) in [4.78, 5) is 31.7. The Morgan fingerprint density at radius 3 is 1.97 bits per heavy atom. The summed E-state index contributed by atoms with van der Waals surface area (Å²) in [5.41, 5.74) is 5.62. The number of nitrogens with one attached hydrogen (secondary N) is 2. The lowest BCUT2D eigenvalue weighted by Crippen LogP contribution is -2.48. The maximum atomic E-state index is 13.6. The van der Waals surface area contributed by atoms with Crippen LogP contribution in [0.3, 0.4) is 0 Å². The Balaban J connectivity index is 1.31. The number of carbonyl (C=O) groups is 2. The van der Waals surface area contributed by atoms with Crippen LogP contribution in [0.5, 0.6) is 0 Å². The van der Waals surface area contributed by atoms with E-state index in [2.05, 4.69) is 29.7 Å². The molecule has 5 rings (SSSR count). The zero-order valence-electron chi connectivity index (χ0n) is 22.2. The highest BCUT2D eigenvalue weighted by atomic mass is 32.1. The summed E-state index contributed by atoms with van der Waals surface area (Å²) in [5.74, 6) is -1.07. The zero-order valence-corrected chi connectivity index (χ0v) is 23.0. The van der Waals surface area contributed by atoms with E-state index in [0.717, 1.165) is 31.9 Å². The van der Waals surface area contributed by atoms with E-state index in [1.165, 1.54) is 5.56 Å². The van der Waals surface area contributed by atoms with Gasteiger partial charge in [0.1, 0.15) is 11.0 Å². The summed E-state index contributed by atoms with van der Waals surface area (Å²) >= 11 is 1.65. The fourth-order valence-electron chi connectivity index (χ4n) is 4.63.